The first-order valence-electron chi connectivity index (χ1n) is 9.25. The van der Waals surface area contributed by atoms with E-state index in [9.17, 15) is 4.21 Å². The maximum absolute atomic E-state index is 12.2. The fraction of sp³-hybridized carbons (Fsp3) is 0.381. The van der Waals surface area contributed by atoms with Crippen LogP contribution in [0.15, 0.2) is 70.6 Å². The molecule has 2 rings (SSSR count). The van der Waals surface area contributed by atoms with Gasteiger partial charge < -0.3 is 15.4 Å². The molecule has 2 atom stereocenters. The van der Waals surface area contributed by atoms with Crippen molar-refractivity contribution < 1.29 is 8.95 Å². The molecule has 5 nitrogen and oxygen atoms in total. The third kappa shape index (κ3) is 7.93. The van der Waals surface area contributed by atoms with E-state index in [1.807, 2.05) is 48.5 Å². The Kier molecular flexibility index (Phi) is 9.58. The highest BCUT2D eigenvalue weighted by Gasteiger charge is 2.05. The van der Waals surface area contributed by atoms with Gasteiger partial charge in [0, 0.05) is 37.4 Å². The first-order chi connectivity index (χ1) is 13.2. The molecular formula is C21H29N3O2S. The number of nitrogens with zero attached hydrogens (tertiary/aromatic N) is 1. The Morgan fingerprint density at radius 3 is 2.33 bits per heavy atom. The van der Waals surface area contributed by atoms with Gasteiger partial charge in [0.05, 0.1) is 16.9 Å². The zero-order valence-electron chi connectivity index (χ0n) is 16.1. The van der Waals surface area contributed by atoms with Crippen LogP contribution in [0.25, 0.3) is 0 Å². The Hall–Kier alpha value is -2.18. The molecule has 0 aromatic heterocycles. The van der Waals surface area contributed by atoms with Crippen molar-refractivity contribution in [1.82, 2.24) is 10.6 Å². The number of guanidine groups is 1. The summed E-state index contributed by atoms with van der Waals surface area (Å²) in [6, 6.07) is 19.7. The molecule has 0 aliphatic carbocycles. The summed E-state index contributed by atoms with van der Waals surface area (Å²) >= 11 is 0. The lowest BCUT2D eigenvalue weighted by molar-refractivity contribution is 0.0646. The quantitative estimate of drug-likeness (QED) is 0.374. The highest BCUT2D eigenvalue weighted by molar-refractivity contribution is 7.85. The normalized spacial score (nSPS) is 13.8. The monoisotopic (exact) mass is 387 g/mol. The van der Waals surface area contributed by atoms with Crippen LogP contribution in [0, 0.1) is 0 Å². The summed E-state index contributed by atoms with van der Waals surface area (Å²) in [4.78, 5) is 5.05. The second-order valence-corrected chi connectivity index (χ2v) is 7.64. The Morgan fingerprint density at radius 2 is 1.67 bits per heavy atom. The summed E-state index contributed by atoms with van der Waals surface area (Å²) < 4.78 is 18.1. The van der Waals surface area contributed by atoms with Crippen LogP contribution in [-0.2, 0) is 15.5 Å². The summed E-state index contributed by atoms with van der Waals surface area (Å²) in [7, 11) is 0.734. The topological polar surface area (TPSA) is 62.7 Å². The minimum absolute atomic E-state index is 0.0941. The van der Waals surface area contributed by atoms with Crippen LogP contribution in [0.5, 0.6) is 0 Å². The Bertz CT molecular complexity index is 708. The van der Waals surface area contributed by atoms with Gasteiger partial charge in [0.1, 0.15) is 0 Å². The molecule has 2 aromatic rings. The fourth-order valence-corrected chi connectivity index (χ4v) is 3.52. The van der Waals surface area contributed by atoms with Gasteiger partial charge in [-0.25, -0.2) is 0 Å². The predicted molar refractivity (Wildman–Crippen MR) is 113 cm³/mol. The SMILES string of the molecule is CN=C(NCCCOC(C)c1ccccc1)NCCS(=O)c1ccccc1. The standard InChI is InChI=1S/C21H29N3O2S/c1-18(19-10-5-3-6-11-19)26-16-9-14-23-21(22-2)24-15-17-27(25)20-12-7-4-8-13-20/h3-8,10-13,18H,9,14-17H2,1-2H3,(H2,22,23,24). The maximum Gasteiger partial charge on any atom is 0.191 e. The van der Waals surface area contributed by atoms with Crippen LogP contribution in [-0.4, -0.2) is 42.7 Å². The molecule has 2 N–H and O–H groups in total. The number of benzene rings is 2. The van der Waals surface area contributed by atoms with E-state index < -0.39 is 10.8 Å². The van der Waals surface area contributed by atoms with Crippen LogP contribution in [0.4, 0.5) is 0 Å². The molecular weight excluding hydrogens is 358 g/mol. The number of hydrogen-bond acceptors (Lipinski definition) is 3. The minimum atomic E-state index is -0.999. The molecule has 0 radical (unpaired) electrons. The second-order valence-electron chi connectivity index (χ2n) is 6.07. The third-order valence-electron chi connectivity index (χ3n) is 4.06. The van der Waals surface area contributed by atoms with Crippen LogP contribution in [0.3, 0.4) is 0 Å². The third-order valence-corrected chi connectivity index (χ3v) is 5.43. The molecule has 0 aliphatic heterocycles. The van der Waals surface area contributed by atoms with E-state index in [2.05, 4.69) is 34.7 Å². The fourth-order valence-electron chi connectivity index (χ4n) is 2.53. The molecule has 0 bridgehead atoms. The zero-order chi connectivity index (χ0) is 19.3. The van der Waals surface area contributed by atoms with Crippen molar-refractivity contribution in [2.45, 2.75) is 24.3 Å². The number of hydrogen-bond donors (Lipinski definition) is 2. The first-order valence-corrected chi connectivity index (χ1v) is 10.6. The predicted octanol–water partition coefficient (Wildman–Crippen LogP) is 3.13. The van der Waals surface area contributed by atoms with Crippen LogP contribution in [0.2, 0.25) is 0 Å². The molecule has 146 valence electrons. The Morgan fingerprint density at radius 1 is 1.04 bits per heavy atom. The summed E-state index contributed by atoms with van der Waals surface area (Å²) in [6.07, 6.45) is 0.977. The lowest BCUT2D eigenvalue weighted by Crippen LogP contribution is -2.39. The lowest BCUT2D eigenvalue weighted by Gasteiger charge is -2.14. The van der Waals surface area contributed by atoms with Gasteiger partial charge in [-0.05, 0) is 31.0 Å². The highest BCUT2D eigenvalue weighted by atomic mass is 32.2. The summed E-state index contributed by atoms with van der Waals surface area (Å²) in [5.74, 6) is 1.26. The number of rotatable bonds is 10. The number of aliphatic imine (C=N–C) groups is 1. The van der Waals surface area contributed by atoms with Crippen LogP contribution < -0.4 is 10.6 Å². The maximum atomic E-state index is 12.2. The van der Waals surface area contributed by atoms with E-state index in [1.54, 1.807) is 7.05 Å². The van der Waals surface area contributed by atoms with Gasteiger partial charge in [-0.15, -0.1) is 0 Å². The van der Waals surface area contributed by atoms with E-state index >= 15 is 0 Å². The number of nitrogens with one attached hydrogen (secondary N) is 2. The van der Waals surface area contributed by atoms with Crippen molar-refractivity contribution in [3.05, 3.63) is 66.2 Å². The van der Waals surface area contributed by atoms with E-state index in [0.717, 1.165) is 23.8 Å². The van der Waals surface area contributed by atoms with Gasteiger partial charge in [-0.1, -0.05) is 48.5 Å². The van der Waals surface area contributed by atoms with Crippen molar-refractivity contribution in [3.63, 3.8) is 0 Å². The van der Waals surface area contributed by atoms with Crippen molar-refractivity contribution >= 4 is 16.8 Å². The molecule has 0 heterocycles. The van der Waals surface area contributed by atoms with E-state index in [0.29, 0.717) is 18.9 Å². The molecule has 0 aliphatic rings. The van der Waals surface area contributed by atoms with Crippen LogP contribution >= 0.6 is 0 Å². The molecule has 0 saturated carbocycles. The molecule has 0 spiro atoms. The molecule has 0 saturated heterocycles. The second kappa shape index (κ2) is 12.3. The van der Waals surface area contributed by atoms with Crippen molar-refractivity contribution in [2.75, 3.05) is 32.5 Å². The minimum Gasteiger partial charge on any atom is -0.374 e. The number of ether oxygens (including phenoxy) is 1. The Labute approximate surface area is 164 Å². The smallest absolute Gasteiger partial charge is 0.191 e. The van der Waals surface area contributed by atoms with Crippen LogP contribution in [0.1, 0.15) is 25.0 Å². The molecule has 2 unspecified atom stereocenters. The summed E-state index contributed by atoms with van der Waals surface area (Å²) in [5.41, 5.74) is 1.19. The van der Waals surface area contributed by atoms with Crippen molar-refractivity contribution in [3.8, 4) is 0 Å². The summed E-state index contributed by atoms with van der Waals surface area (Å²) in [5, 5.41) is 6.46. The van der Waals surface area contributed by atoms with Gasteiger partial charge in [0.2, 0.25) is 0 Å². The van der Waals surface area contributed by atoms with Gasteiger partial charge in [-0.2, -0.15) is 0 Å². The average Bonchev–Trinajstić information content (AvgIpc) is 2.73. The first kappa shape index (κ1) is 21.1. The zero-order valence-corrected chi connectivity index (χ0v) is 16.9. The van der Waals surface area contributed by atoms with E-state index in [1.165, 1.54) is 5.56 Å². The molecule has 27 heavy (non-hydrogen) atoms. The van der Waals surface area contributed by atoms with Gasteiger partial charge in [-0.3, -0.25) is 9.20 Å². The summed E-state index contributed by atoms with van der Waals surface area (Å²) in [6.45, 7) is 4.11. The van der Waals surface area contributed by atoms with E-state index in [-0.39, 0.29) is 6.10 Å². The van der Waals surface area contributed by atoms with Gasteiger partial charge in [0.25, 0.3) is 0 Å². The largest absolute Gasteiger partial charge is 0.374 e. The van der Waals surface area contributed by atoms with Gasteiger partial charge >= 0.3 is 0 Å². The van der Waals surface area contributed by atoms with Crippen molar-refractivity contribution in [1.29, 1.82) is 0 Å². The molecule has 0 fully saturated rings. The Balaban J connectivity index is 1.58. The highest BCUT2D eigenvalue weighted by Crippen LogP contribution is 2.15. The van der Waals surface area contributed by atoms with E-state index in [4.69, 9.17) is 4.74 Å². The average molecular weight is 388 g/mol. The molecule has 2 aromatic carbocycles. The van der Waals surface area contributed by atoms with Crippen molar-refractivity contribution in [2.24, 2.45) is 4.99 Å². The molecule has 6 heteroatoms. The lowest BCUT2D eigenvalue weighted by atomic mass is 10.1. The molecule has 0 amide bonds. The van der Waals surface area contributed by atoms with Gasteiger partial charge in [0.15, 0.2) is 5.96 Å².